The van der Waals surface area contributed by atoms with Gasteiger partial charge in [-0.3, -0.25) is 0 Å². The molecule has 0 aliphatic carbocycles. The first-order chi connectivity index (χ1) is 4.31. The predicted octanol–water partition coefficient (Wildman–Crippen LogP) is 2.95. The summed E-state index contributed by atoms with van der Waals surface area (Å²) >= 11 is 4.14. The van der Waals surface area contributed by atoms with E-state index in [1.807, 2.05) is 44.2 Å². The van der Waals surface area contributed by atoms with E-state index in [0.29, 0.717) is 0 Å². The quantitative estimate of drug-likeness (QED) is 0.442. The molecule has 0 unspecified atom stereocenters. The van der Waals surface area contributed by atoms with Gasteiger partial charge in [-0.15, -0.1) is 12.6 Å². The molecule has 0 nitrogen and oxygen atoms in total. The maximum atomic E-state index is 4.14. The highest BCUT2D eigenvalue weighted by Crippen LogP contribution is 2.00. The highest BCUT2D eigenvalue weighted by molar-refractivity contribution is 7.84. The molecule has 0 aliphatic heterocycles. The average molecular weight is 140 g/mol. The minimum absolute atomic E-state index is 0.994. The van der Waals surface area contributed by atoms with E-state index in [2.05, 4.69) is 12.6 Å². The fourth-order valence-electron chi connectivity index (χ4n) is 0.361. The fourth-order valence-corrected chi connectivity index (χ4v) is 0.448. The van der Waals surface area contributed by atoms with Crippen LogP contribution in [0.25, 0.3) is 0 Å². The van der Waals surface area contributed by atoms with E-state index in [1.54, 1.807) is 0 Å². The first-order valence-corrected chi connectivity index (χ1v) is 3.40. The molecule has 0 aromatic heterocycles. The number of thiol groups is 1. The van der Waals surface area contributed by atoms with E-state index in [4.69, 9.17) is 0 Å². The molecule has 0 fully saturated rings. The summed E-state index contributed by atoms with van der Waals surface area (Å²) in [6.45, 7) is 3.94. The number of rotatable bonds is 2. The van der Waals surface area contributed by atoms with E-state index >= 15 is 0 Å². The zero-order valence-corrected chi connectivity index (χ0v) is 6.73. The lowest BCUT2D eigenvalue weighted by Crippen LogP contribution is -1.57. The van der Waals surface area contributed by atoms with Crippen LogP contribution < -0.4 is 0 Å². The molecule has 1 heteroatoms. The van der Waals surface area contributed by atoms with Gasteiger partial charge in [0.25, 0.3) is 0 Å². The Balaban J connectivity index is 3.71. The number of hydrogen-bond acceptors (Lipinski definition) is 1. The fraction of sp³-hybridized carbons (Fsp3) is 0.250. The minimum Gasteiger partial charge on any atom is -0.144 e. The Morgan fingerprint density at radius 2 is 1.89 bits per heavy atom. The van der Waals surface area contributed by atoms with Crippen LogP contribution in [0, 0.1) is 0 Å². The van der Waals surface area contributed by atoms with Crippen molar-refractivity contribution in [3.8, 4) is 0 Å². The normalized spacial score (nSPS) is 13.9. The Morgan fingerprint density at radius 3 is 2.33 bits per heavy atom. The third-order valence-electron chi connectivity index (χ3n) is 0.866. The topological polar surface area (TPSA) is 0 Å². The highest BCUT2D eigenvalue weighted by Gasteiger charge is 1.72. The van der Waals surface area contributed by atoms with Gasteiger partial charge in [-0.1, -0.05) is 24.3 Å². The molecule has 0 bridgehead atoms. The van der Waals surface area contributed by atoms with Gasteiger partial charge in [0.1, 0.15) is 0 Å². The van der Waals surface area contributed by atoms with E-state index in [-0.39, 0.29) is 0 Å². The Morgan fingerprint density at radius 1 is 1.22 bits per heavy atom. The highest BCUT2D eigenvalue weighted by atomic mass is 32.1. The van der Waals surface area contributed by atoms with Crippen molar-refractivity contribution in [3.63, 3.8) is 0 Å². The van der Waals surface area contributed by atoms with Crippen LogP contribution in [0.1, 0.15) is 13.8 Å². The Labute approximate surface area is 62.4 Å². The van der Waals surface area contributed by atoms with Gasteiger partial charge in [0.2, 0.25) is 0 Å². The van der Waals surface area contributed by atoms with Crippen molar-refractivity contribution < 1.29 is 0 Å². The Kier molecular flexibility index (Phi) is 5.43. The van der Waals surface area contributed by atoms with E-state index < -0.39 is 0 Å². The summed E-state index contributed by atoms with van der Waals surface area (Å²) in [4.78, 5) is 0.994. The van der Waals surface area contributed by atoms with Crippen molar-refractivity contribution >= 4 is 12.6 Å². The lowest BCUT2D eigenvalue weighted by Gasteiger charge is -1.81. The molecule has 0 spiro atoms. The molecule has 0 aromatic rings. The summed E-state index contributed by atoms with van der Waals surface area (Å²) in [5.74, 6) is 0. The van der Waals surface area contributed by atoms with Crippen molar-refractivity contribution in [1.82, 2.24) is 0 Å². The first kappa shape index (κ1) is 8.57. The van der Waals surface area contributed by atoms with Gasteiger partial charge in [-0.2, -0.15) is 0 Å². The molecule has 0 saturated carbocycles. The molecule has 0 rings (SSSR count). The van der Waals surface area contributed by atoms with Crippen LogP contribution in [-0.2, 0) is 0 Å². The van der Waals surface area contributed by atoms with Gasteiger partial charge in [0, 0.05) is 0 Å². The zero-order chi connectivity index (χ0) is 7.11. The zero-order valence-electron chi connectivity index (χ0n) is 5.83. The van der Waals surface area contributed by atoms with Gasteiger partial charge in [0.15, 0.2) is 0 Å². The Hall–Kier alpha value is -0.430. The van der Waals surface area contributed by atoms with Crippen LogP contribution in [0.4, 0.5) is 0 Å². The van der Waals surface area contributed by atoms with Crippen LogP contribution in [0.3, 0.4) is 0 Å². The lowest BCUT2D eigenvalue weighted by molar-refractivity contribution is 1.69. The van der Waals surface area contributed by atoms with E-state index in [1.165, 1.54) is 0 Å². The van der Waals surface area contributed by atoms with Crippen molar-refractivity contribution in [1.29, 1.82) is 0 Å². The summed E-state index contributed by atoms with van der Waals surface area (Å²) in [5.41, 5.74) is 0. The van der Waals surface area contributed by atoms with Crippen molar-refractivity contribution in [2.45, 2.75) is 13.8 Å². The third kappa shape index (κ3) is 5.44. The Bertz CT molecular complexity index is 141. The second-order valence-corrected chi connectivity index (χ2v) is 2.11. The summed E-state index contributed by atoms with van der Waals surface area (Å²) in [5, 5.41) is 0. The second kappa shape index (κ2) is 5.70. The van der Waals surface area contributed by atoms with Crippen LogP contribution in [0.15, 0.2) is 35.3 Å². The summed E-state index contributed by atoms with van der Waals surface area (Å²) in [7, 11) is 0. The lowest BCUT2D eigenvalue weighted by atomic mass is 10.4. The SMILES string of the molecule is C/C=C/C=C\C(S)=C/C. The van der Waals surface area contributed by atoms with Gasteiger partial charge in [-0.05, 0) is 24.8 Å². The minimum atomic E-state index is 0.994. The van der Waals surface area contributed by atoms with Crippen LogP contribution in [-0.4, -0.2) is 0 Å². The van der Waals surface area contributed by atoms with Gasteiger partial charge in [0.05, 0.1) is 0 Å². The maximum absolute atomic E-state index is 4.14. The molecule has 0 radical (unpaired) electrons. The van der Waals surface area contributed by atoms with Crippen LogP contribution in [0.5, 0.6) is 0 Å². The van der Waals surface area contributed by atoms with Crippen LogP contribution in [0.2, 0.25) is 0 Å². The van der Waals surface area contributed by atoms with Crippen molar-refractivity contribution in [2.24, 2.45) is 0 Å². The number of hydrogen-bond donors (Lipinski definition) is 1. The molecule has 0 amide bonds. The molecule has 0 aromatic carbocycles. The second-order valence-electron chi connectivity index (χ2n) is 1.60. The third-order valence-corrected chi connectivity index (χ3v) is 1.27. The summed E-state index contributed by atoms with van der Waals surface area (Å²) in [6.07, 6.45) is 9.81. The largest absolute Gasteiger partial charge is 0.144 e. The molecule has 9 heavy (non-hydrogen) atoms. The maximum Gasteiger partial charge on any atom is -0.000279 e. The van der Waals surface area contributed by atoms with Gasteiger partial charge >= 0.3 is 0 Å². The van der Waals surface area contributed by atoms with Crippen molar-refractivity contribution in [3.05, 3.63) is 35.3 Å². The van der Waals surface area contributed by atoms with E-state index in [0.717, 1.165) is 4.91 Å². The number of allylic oxidation sites excluding steroid dienone is 5. The standard InChI is InChI=1S/C8H12S/c1-3-5-6-7-8(9)4-2/h3-7,9H,1-2H3/b5-3+,7-6-,8-4+. The molecule has 0 saturated heterocycles. The molecule has 0 atom stereocenters. The molecular weight excluding hydrogens is 128 g/mol. The van der Waals surface area contributed by atoms with Gasteiger partial charge in [-0.25, -0.2) is 0 Å². The van der Waals surface area contributed by atoms with E-state index in [9.17, 15) is 0 Å². The van der Waals surface area contributed by atoms with Gasteiger partial charge < -0.3 is 0 Å². The molecule has 0 heterocycles. The monoisotopic (exact) mass is 140 g/mol. The van der Waals surface area contributed by atoms with Crippen molar-refractivity contribution in [2.75, 3.05) is 0 Å². The molecular formula is C8H12S. The molecule has 0 aliphatic rings. The average Bonchev–Trinajstić information content (AvgIpc) is 1.89. The summed E-state index contributed by atoms with van der Waals surface area (Å²) < 4.78 is 0. The van der Waals surface area contributed by atoms with Crippen LogP contribution >= 0.6 is 12.6 Å². The molecule has 0 N–H and O–H groups in total. The predicted molar refractivity (Wildman–Crippen MR) is 46.7 cm³/mol. The molecule has 50 valence electrons. The first-order valence-electron chi connectivity index (χ1n) is 2.96. The summed E-state index contributed by atoms with van der Waals surface area (Å²) in [6, 6.07) is 0. The smallest absolute Gasteiger partial charge is 0.000279 e.